The maximum Gasteiger partial charge on any atom is 0.290 e. The number of hydrogen-bond acceptors (Lipinski definition) is 3. The zero-order valence-electron chi connectivity index (χ0n) is 10.2. The van der Waals surface area contributed by atoms with E-state index in [1.165, 1.54) is 6.07 Å². The number of amides is 1. The van der Waals surface area contributed by atoms with Gasteiger partial charge in [-0.25, -0.2) is 0 Å². The van der Waals surface area contributed by atoms with Crippen LogP contribution in [-0.4, -0.2) is 16.4 Å². The summed E-state index contributed by atoms with van der Waals surface area (Å²) in [6.45, 7) is 1.94. The van der Waals surface area contributed by atoms with Crippen molar-refractivity contribution in [3.05, 3.63) is 37.9 Å². The first-order chi connectivity index (χ1) is 8.82. The Bertz CT molecular complexity index is 556. The number of nitro groups is 1. The Morgan fingerprint density at radius 1 is 1.42 bits per heavy atom. The number of carbonyl (C=O) groups is 1. The summed E-state index contributed by atoms with van der Waals surface area (Å²) in [6, 6.07) is 2.49. The van der Waals surface area contributed by atoms with Gasteiger partial charge in [0.2, 0.25) is 0 Å². The van der Waals surface area contributed by atoms with Crippen LogP contribution in [0.1, 0.15) is 36.5 Å². The topological polar surface area (TPSA) is 72.2 Å². The molecule has 0 bridgehead atoms. The predicted octanol–water partition coefficient (Wildman–Crippen LogP) is 3.57. The first-order valence-electron chi connectivity index (χ1n) is 5.78. The van der Waals surface area contributed by atoms with Crippen molar-refractivity contribution in [2.45, 2.75) is 31.7 Å². The Kier molecular flexibility index (Phi) is 3.69. The second kappa shape index (κ2) is 4.98. The lowest BCUT2D eigenvalue weighted by Crippen LogP contribution is -2.50. The highest BCUT2D eigenvalue weighted by Crippen LogP contribution is 2.34. The standard InChI is InChI=1S/C12H12Cl2N2O3/c1-12(3-2-4-12)15-11(17)7-5-8(13)10(14)9(6-7)16(18)19/h5-6H,2-4H2,1H3,(H,15,17). The van der Waals surface area contributed by atoms with Crippen molar-refractivity contribution >= 4 is 34.8 Å². The van der Waals surface area contributed by atoms with Crippen molar-refractivity contribution in [1.29, 1.82) is 0 Å². The van der Waals surface area contributed by atoms with Crippen molar-refractivity contribution in [2.75, 3.05) is 0 Å². The predicted molar refractivity (Wildman–Crippen MR) is 72.8 cm³/mol. The third kappa shape index (κ3) is 2.82. The van der Waals surface area contributed by atoms with Gasteiger partial charge in [0.05, 0.1) is 9.95 Å². The molecular weight excluding hydrogens is 291 g/mol. The van der Waals surface area contributed by atoms with E-state index < -0.39 is 4.92 Å². The van der Waals surface area contributed by atoms with Crippen molar-refractivity contribution in [3.8, 4) is 0 Å². The second-order valence-electron chi connectivity index (χ2n) is 4.92. The number of halogens is 2. The van der Waals surface area contributed by atoms with E-state index >= 15 is 0 Å². The highest BCUT2D eigenvalue weighted by atomic mass is 35.5. The van der Waals surface area contributed by atoms with Gasteiger partial charge >= 0.3 is 0 Å². The van der Waals surface area contributed by atoms with Crippen LogP contribution >= 0.6 is 23.2 Å². The van der Waals surface area contributed by atoms with E-state index in [0.29, 0.717) is 0 Å². The van der Waals surface area contributed by atoms with Crippen LogP contribution in [0, 0.1) is 10.1 Å². The summed E-state index contributed by atoms with van der Waals surface area (Å²) in [5.41, 5.74) is -0.440. The summed E-state index contributed by atoms with van der Waals surface area (Å²) >= 11 is 11.5. The highest BCUT2D eigenvalue weighted by molar-refractivity contribution is 6.43. The number of carbonyl (C=O) groups excluding carboxylic acids is 1. The largest absolute Gasteiger partial charge is 0.347 e. The summed E-state index contributed by atoms with van der Waals surface area (Å²) in [6.07, 6.45) is 2.88. The molecule has 1 amide bonds. The Labute approximate surface area is 120 Å². The minimum Gasteiger partial charge on any atom is -0.347 e. The Hall–Kier alpha value is -1.33. The molecule has 7 heteroatoms. The van der Waals surface area contributed by atoms with Gasteiger partial charge in [-0.1, -0.05) is 23.2 Å². The molecule has 102 valence electrons. The molecule has 1 fully saturated rings. The van der Waals surface area contributed by atoms with Crippen LogP contribution in [0.4, 0.5) is 5.69 Å². The Balaban J connectivity index is 2.29. The molecule has 1 aliphatic rings. The lowest BCUT2D eigenvalue weighted by molar-refractivity contribution is -0.384. The van der Waals surface area contributed by atoms with Crippen molar-refractivity contribution in [2.24, 2.45) is 0 Å². The fourth-order valence-corrected chi connectivity index (χ4v) is 2.41. The molecule has 1 aliphatic carbocycles. The van der Waals surface area contributed by atoms with Crippen LogP contribution in [0.15, 0.2) is 12.1 Å². The molecule has 0 aromatic heterocycles. The number of nitrogens with zero attached hydrogens (tertiary/aromatic N) is 1. The van der Waals surface area contributed by atoms with Gasteiger partial charge in [0, 0.05) is 17.2 Å². The number of benzene rings is 1. The summed E-state index contributed by atoms with van der Waals surface area (Å²) < 4.78 is 0. The molecule has 0 saturated heterocycles. The third-order valence-electron chi connectivity index (χ3n) is 3.34. The number of rotatable bonds is 3. The van der Waals surface area contributed by atoms with Crippen LogP contribution in [0.25, 0.3) is 0 Å². The molecule has 0 atom stereocenters. The maximum absolute atomic E-state index is 12.1. The molecule has 0 radical (unpaired) electrons. The van der Waals surface area contributed by atoms with E-state index in [1.807, 2.05) is 6.92 Å². The van der Waals surface area contributed by atoms with Crippen molar-refractivity contribution in [1.82, 2.24) is 5.32 Å². The quantitative estimate of drug-likeness (QED) is 0.685. The van der Waals surface area contributed by atoms with Gasteiger partial charge in [-0.05, 0) is 32.3 Å². The molecule has 0 heterocycles. The van der Waals surface area contributed by atoms with Gasteiger partial charge in [0.25, 0.3) is 11.6 Å². The molecule has 5 nitrogen and oxygen atoms in total. The van der Waals surface area contributed by atoms with Gasteiger partial charge in [-0.2, -0.15) is 0 Å². The van der Waals surface area contributed by atoms with Crippen LogP contribution in [0.5, 0.6) is 0 Å². The first-order valence-corrected chi connectivity index (χ1v) is 6.54. The Morgan fingerprint density at radius 3 is 2.53 bits per heavy atom. The van der Waals surface area contributed by atoms with Gasteiger partial charge in [-0.15, -0.1) is 0 Å². The van der Waals surface area contributed by atoms with E-state index in [1.54, 1.807) is 0 Å². The van der Waals surface area contributed by atoms with Gasteiger partial charge < -0.3 is 5.32 Å². The molecular formula is C12H12Cl2N2O3. The zero-order valence-corrected chi connectivity index (χ0v) is 11.7. The summed E-state index contributed by atoms with van der Waals surface area (Å²) in [7, 11) is 0. The van der Waals surface area contributed by atoms with Crippen LogP contribution in [-0.2, 0) is 0 Å². The van der Waals surface area contributed by atoms with Gasteiger partial charge in [0.1, 0.15) is 5.02 Å². The smallest absolute Gasteiger partial charge is 0.290 e. The van der Waals surface area contributed by atoms with E-state index in [9.17, 15) is 14.9 Å². The number of nitro benzene ring substituents is 1. The fourth-order valence-electron chi connectivity index (χ4n) is 2.02. The summed E-state index contributed by atoms with van der Waals surface area (Å²) in [5.74, 6) is -0.371. The monoisotopic (exact) mass is 302 g/mol. The normalized spacial score (nSPS) is 16.6. The first kappa shape index (κ1) is 14.1. The highest BCUT2D eigenvalue weighted by Gasteiger charge is 2.34. The zero-order chi connectivity index (χ0) is 14.2. The van der Waals surface area contributed by atoms with E-state index in [0.717, 1.165) is 25.3 Å². The molecule has 1 N–H and O–H groups in total. The summed E-state index contributed by atoms with van der Waals surface area (Å²) in [4.78, 5) is 22.2. The molecule has 1 aromatic carbocycles. The minimum absolute atomic E-state index is 0.000204. The third-order valence-corrected chi connectivity index (χ3v) is 4.13. The minimum atomic E-state index is -0.657. The lowest BCUT2D eigenvalue weighted by atomic mass is 9.78. The average molecular weight is 303 g/mol. The maximum atomic E-state index is 12.1. The molecule has 2 rings (SSSR count). The number of hydrogen-bond donors (Lipinski definition) is 1. The molecule has 1 aromatic rings. The molecule has 1 saturated carbocycles. The fraction of sp³-hybridized carbons (Fsp3) is 0.417. The van der Waals surface area contributed by atoms with Crippen LogP contribution < -0.4 is 5.32 Å². The van der Waals surface area contributed by atoms with Crippen LogP contribution in [0.2, 0.25) is 10.0 Å². The van der Waals surface area contributed by atoms with Gasteiger partial charge in [-0.3, -0.25) is 14.9 Å². The SMILES string of the molecule is CC1(NC(=O)c2cc(Cl)c(Cl)c([N+](=O)[O-])c2)CCC1. The number of nitrogens with one attached hydrogen (secondary N) is 1. The van der Waals surface area contributed by atoms with Crippen LogP contribution in [0.3, 0.4) is 0 Å². The molecule has 0 aliphatic heterocycles. The van der Waals surface area contributed by atoms with Gasteiger partial charge in [0.15, 0.2) is 0 Å². The van der Waals surface area contributed by atoms with Crippen molar-refractivity contribution < 1.29 is 9.72 Å². The van der Waals surface area contributed by atoms with E-state index in [4.69, 9.17) is 23.2 Å². The van der Waals surface area contributed by atoms with E-state index in [-0.39, 0.29) is 32.7 Å². The van der Waals surface area contributed by atoms with E-state index in [2.05, 4.69) is 5.32 Å². The Morgan fingerprint density at radius 2 is 2.05 bits per heavy atom. The lowest BCUT2D eigenvalue weighted by Gasteiger charge is -2.39. The molecule has 19 heavy (non-hydrogen) atoms. The summed E-state index contributed by atoms with van der Waals surface area (Å²) in [5, 5.41) is 13.5. The molecule has 0 unspecified atom stereocenters. The average Bonchev–Trinajstić information content (AvgIpc) is 2.29. The molecule has 0 spiro atoms. The van der Waals surface area contributed by atoms with Crippen molar-refractivity contribution in [3.63, 3.8) is 0 Å². The second-order valence-corrected chi connectivity index (χ2v) is 5.70.